The van der Waals surface area contributed by atoms with Crippen molar-refractivity contribution in [3.05, 3.63) is 28.0 Å². The molecule has 1 N–H and O–H groups in total. The fourth-order valence-electron chi connectivity index (χ4n) is 3.32. The first-order valence-corrected chi connectivity index (χ1v) is 7.87. The molecule has 0 aromatic heterocycles. The van der Waals surface area contributed by atoms with Crippen molar-refractivity contribution in [1.82, 2.24) is 0 Å². The molecule has 0 bridgehead atoms. The van der Waals surface area contributed by atoms with Gasteiger partial charge in [-0.05, 0) is 58.7 Å². The highest BCUT2D eigenvalue weighted by atomic mass is 79.9. The van der Waals surface area contributed by atoms with Crippen LogP contribution in [0, 0.1) is 17.2 Å². The van der Waals surface area contributed by atoms with Crippen LogP contribution in [0.5, 0.6) is 5.75 Å². The molecule has 2 unspecified atom stereocenters. The van der Waals surface area contributed by atoms with Gasteiger partial charge in [0.15, 0.2) is 11.6 Å². The summed E-state index contributed by atoms with van der Waals surface area (Å²) in [4.78, 5) is 11.0. The van der Waals surface area contributed by atoms with E-state index in [2.05, 4.69) is 36.7 Å². The smallest absolute Gasteiger partial charge is 0.336 e. The molecule has 1 aromatic carbocycles. The Morgan fingerprint density at radius 3 is 2.67 bits per heavy atom. The molecule has 0 radical (unpaired) electrons. The Morgan fingerprint density at radius 1 is 1.43 bits per heavy atom. The predicted molar refractivity (Wildman–Crippen MR) is 82.3 cm³/mol. The summed E-state index contributed by atoms with van der Waals surface area (Å²) in [5.74, 6) is -1.17. The highest BCUT2D eigenvalue weighted by Crippen LogP contribution is 2.40. The molecular weight excluding hydrogens is 339 g/mol. The van der Waals surface area contributed by atoms with Gasteiger partial charge in [0, 0.05) is 0 Å². The number of carboxylic acids is 1. The van der Waals surface area contributed by atoms with Crippen molar-refractivity contribution in [2.75, 3.05) is 0 Å². The lowest BCUT2D eigenvalue weighted by molar-refractivity contribution is 0.0535. The summed E-state index contributed by atoms with van der Waals surface area (Å²) >= 11 is 2.99. The first kappa shape index (κ1) is 16.3. The van der Waals surface area contributed by atoms with Gasteiger partial charge in [0.25, 0.3) is 0 Å². The van der Waals surface area contributed by atoms with Crippen LogP contribution in [0.15, 0.2) is 16.6 Å². The van der Waals surface area contributed by atoms with Gasteiger partial charge >= 0.3 is 5.97 Å². The molecule has 0 spiro atoms. The summed E-state index contributed by atoms with van der Waals surface area (Å²) in [6.07, 6.45) is 2.86. The van der Waals surface area contributed by atoms with Gasteiger partial charge in [0.1, 0.15) is 0 Å². The standard InChI is InChI=1S/C16H20BrFO3/c1-9-6-10(8-16(2,3)7-9)21-12-5-4-11(15(19)20)13(17)14(12)18/h4-5,9-10H,6-8H2,1-3H3,(H,19,20). The van der Waals surface area contributed by atoms with Crippen LogP contribution in [-0.4, -0.2) is 17.2 Å². The number of carbonyl (C=O) groups is 1. The first-order valence-electron chi connectivity index (χ1n) is 7.07. The van der Waals surface area contributed by atoms with E-state index < -0.39 is 11.8 Å². The van der Waals surface area contributed by atoms with Crippen molar-refractivity contribution < 1.29 is 19.0 Å². The van der Waals surface area contributed by atoms with Crippen LogP contribution in [0.3, 0.4) is 0 Å². The lowest BCUT2D eigenvalue weighted by Crippen LogP contribution is -2.34. The van der Waals surface area contributed by atoms with E-state index in [9.17, 15) is 9.18 Å². The molecule has 1 aromatic rings. The zero-order valence-electron chi connectivity index (χ0n) is 12.5. The lowest BCUT2D eigenvalue weighted by atomic mass is 9.71. The van der Waals surface area contributed by atoms with Gasteiger partial charge in [-0.15, -0.1) is 0 Å². The minimum absolute atomic E-state index is 0.0409. The second kappa shape index (κ2) is 5.95. The van der Waals surface area contributed by atoms with Gasteiger partial charge < -0.3 is 9.84 Å². The number of hydrogen-bond acceptors (Lipinski definition) is 2. The van der Waals surface area contributed by atoms with E-state index >= 15 is 0 Å². The Morgan fingerprint density at radius 2 is 2.10 bits per heavy atom. The molecule has 116 valence electrons. The van der Waals surface area contributed by atoms with Gasteiger partial charge in [0.2, 0.25) is 0 Å². The normalized spacial score (nSPS) is 24.6. The average Bonchev–Trinajstić information content (AvgIpc) is 2.32. The number of ether oxygens (including phenoxy) is 1. The van der Waals surface area contributed by atoms with E-state index in [1.165, 1.54) is 12.1 Å². The van der Waals surface area contributed by atoms with E-state index in [1.807, 2.05) is 0 Å². The highest BCUT2D eigenvalue weighted by molar-refractivity contribution is 9.10. The Labute approximate surface area is 132 Å². The quantitative estimate of drug-likeness (QED) is 0.837. The molecule has 1 fully saturated rings. The Hall–Kier alpha value is -1.10. The summed E-state index contributed by atoms with van der Waals surface area (Å²) < 4.78 is 20.0. The monoisotopic (exact) mass is 358 g/mol. The van der Waals surface area contributed by atoms with Crippen molar-refractivity contribution in [2.24, 2.45) is 11.3 Å². The Bertz CT molecular complexity index is 557. The van der Waals surface area contributed by atoms with Crippen molar-refractivity contribution in [3.63, 3.8) is 0 Å². The fraction of sp³-hybridized carbons (Fsp3) is 0.562. The van der Waals surface area contributed by atoms with E-state index in [4.69, 9.17) is 9.84 Å². The van der Waals surface area contributed by atoms with E-state index in [0.29, 0.717) is 5.92 Å². The number of carboxylic acid groups (broad SMARTS) is 1. The third kappa shape index (κ3) is 3.76. The van der Waals surface area contributed by atoms with Gasteiger partial charge in [-0.25, -0.2) is 9.18 Å². The summed E-state index contributed by atoms with van der Waals surface area (Å²) in [5.41, 5.74) is 0.0778. The number of benzene rings is 1. The molecular formula is C16H20BrFO3. The van der Waals surface area contributed by atoms with Crippen LogP contribution < -0.4 is 4.74 Å². The molecule has 1 aliphatic rings. The van der Waals surface area contributed by atoms with Gasteiger partial charge in [-0.3, -0.25) is 0 Å². The minimum atomic E-state index is -1.17. The number of rotatable bonds is 3. The second-order valence-electron chi connectivity index (χ2n) is 6.70. The lowest BCUT2D eigenvalue weighted by Gasteiger charge is -2.38. The van der Waals surface area contributed by atoms with E-state index in [0.717, 1.165) is 19.3 Å². The van der Waals surface area contributed by atoms with Crippen molar-refractivity contribution in [1.29, 1.82) is 0 Å². The molecule has 2 rings (SSSR count). The zero-order valence-corrected chi connectivity index (χ0v) is 14.0. The predicted octanol–water partition coefficient (Wildman–Crippen LogP) is 4.88. The summed E-state index contributed by atoms with van der Waals surface area (Å²) in [7, 11) is 0. The van der Waals surface area contributed by atoms with E-state index in [-0.39, 0.29) is 27.3 Å². The van der Waals surface area contributed by atoms with Crippen LogP contribution in [0.1, 0.15) is 50.4 Å². The van der Waals surface area contributed by atoms with Crippen LogP contribution in [0.4, 0.5) is 4.39 Å². The third-order valence-corrected chi connectivity index (χ3v) is 4.69. The van der Waals surface area contributed by atoms with E-state index in [1.54, 1.807) is 0 Å². The van der Waals surface area contributed by atoms with Gasteiger partial charge in [-0.1, -0.05) is 20.8 Å². The van der Waals surface area contributed by atoms with Crippen LogP contribution >= 0.6 is 15.9 Å². The average molecular weight is 359 g/mol. The Kier molecular flexibility index (Phi) is 4.61. The summed E-state index contributed by atoms with van der Waals surface area (Å²) in [5, 5.41) is 8.97. The number of aromatic carboxylic acids is 1. The maximum absolute atomic E-state index is 14.2. The van der Waals surface area contributed by atoms with Crippen LogP contribution in [0.25, 0.3) is 0 Å². The summed E-state index contributed by atoms with van der Waals surface area (Å²) in [6, 6.07) is 2.76. The molecule has 3 nitrogen and oxygen atoms in total. The number of hydrogen-bond donors (Lipinski definition) is 1. The van der Waals surface area contributed by atoms with Crippen LogP contribution in [0.2, 0.25) is 0 Å². The molecule has 1 saturated carbocycles. The van der Waals surface area contributed by atoms with Crippen molar-refractivity contribution in [2.45, 2.75) is 46.1 Å². The third-order valence-electron chi connectivity index (χ3n) is 3.92. The SMILES string of the molecule is CC1CC(Oc2ccc(C(=O)O)c(Br)c2F)CC(C)(C)C1. The Balaban J connectivity index is 2.20. The summed E-state index contributed by atoms with van der Waals surface area (Å²) in [6.45, 7) is 6.56. The van der Waals surface area contributed by atoms with Gasteiger partial charge in [-0.2, -0.15) is 0 Å². The molecule has 2 atom stereocenters. The maximum Gasteiger partial charge on any atom is 0.336 e. The molecule has 1 aliphatic carbocycles. The second-order valence-corrected chi connectivity index (χ2v) is 7.49. The molecule has 0 saturated heterocycles. The topological polar surface area (TPSA) is 46.5 Å². The number of halogens is 2. The van der Waals surface area contributed by atoms with Crippen molar-refractivity contribution >= 4 is 21.9 Å². The van der Waals surface area contributed by atoms with Crippen LogP contribution in [-0.2, 0) is 0 Å². The fourth-order valence-corrected chi connectivity index (χ4v) is 3.81. The minimum Gasteiger partial charge on any atom is -0.487 e. The molecule has 0 amide bonds. The zero-order chi connectivity index (χ0) is 15.8. The largest absolute Gasteiger partial charge is 0.487 e. The molecule has 0 aliphatic heterocycles. The van der Waals surface area contributed by atoms with Gasteiger partial charge in [0.05, 0.1) is 16.1 Å². The maximum atomic E-state index is 14.2. The molecule has 21 heavy (non-hydrogen) atoms. The molecule has 0 heterocycles. The highest BCUT2D eigenvalue weighted by Gasteiger charge is 2.33. The first-order chi connectivity index (χ1) is 9.69. The molecule has 5 heteroatoms. The van der Waals surface area contributed by atoms with Crippen molar-refractivity contribution in [3.8, 4) is 5.75 Å².